The zero-order valence-electron chi connectivity index (χ0n) is 17.3. The lowest BCUT2D eigenvalue weighted by molar-refractivity contribution is -0.129. The monoisotopic (exact) mass is 370 g/mol. The van der Waals surface area contributed by atoms with Crippen molar-refractivity contribution in [2.24, 2.45) is 46.3 Å². The average Bonchev–Trinajstić information content (AvgIpc) is 3.00. The van der Waals surface area contributed by atoms with Crippen LogP contribution in [0, 0.1) is 46.3 Å². The largest absolute Gasteiger partial charge is 0.494 e. The molecule has 1 aliphatic heterocycles. The van der Waals surface area contributed by atoms with Gasteiger partial charge in [0.25, 0.3) is 0 Å². The molecule has 4 saturated carbocycles. The first kappa shape index (κ1) is 18.3. The van der Waals surface area contributed by atoms with Gasteiger partial charge in [0, 0.05) is 5.92 Å². The van der Waals surface area contributed by atoms with Gasteiger partial charge in [0.15, 0.2) is 0 Å². The van der Waals surface area contributed by atoms with Gasteiger partial charge in [-0.2, -0.15) is 0 Å². The molecule has 4 aliphatic carbocycles. The summed E-state index contributed by atoms with van der Waals surface area (Å²) in [7, 11) is 0. The van der Waals surface area contributed by atoms with E-state index < -0.39 is 0 Å². The van der Waals surface area contributed by atoms with Crippen molar-refractivity contribution in [2.45, 2.75) is 77.7 Å². The molecule has 9 atom stereocenters. The first-order valence-corrected chi connectivity index (χ1v) is 11.6. The van der Waals surface area contributed by atoms with E-state index in [4.69, 9.17) is 4.74 Å². The summed E-state index contributed by atoms with van der Waals surface area (Å²) in [5.74, 6) is 5.70. The van der Waals surface area contributed by atoms with Crippen molar-refractivity contribution in [3.8, 4) is 0 Å². The molecule has 2 nitrogen and oxygen atoms in total. The topological polar surface area (TPSA) is 29.5 Å². The van der Waals surface area contributed by atoms with Crippen molar-refractivity contribution in [1.29, 1.82) is 0 Å². The van der Waals surface area contributed by atoms with Crippen LogP contribution in [0.15, 0.2) is 24.5 Å². The molecule has 0 aromatic rings. The van der Waals surface area contributed by atoms with E-state index in [0.29, 0.717) is 16.7 Å². The van der Waals surface area contributed by atoms with Gasteiger partial charge in [0.05, 0.1) is 12.7 Å². The summed E-state index contributed by atoms with van der Waals surface area (Å²) in [6, 6.07) is 0. The van der Waals surface area contributed by atoms with Crippen molar-refractivity contribution in [3.63, 3.8) is 0 Å². The maximum absolute atomic E-state index is 10.2. The summed E-state index contributed by atoms with van der Waals surface area (Å²) in [6.45, 7) is 10.0. The van der Waals surface area contributed by atoms with Gasteiger partial charge in [-0.15, -0.1) is 0 Å². The Morgan fingerprint density at radius 2 is 1.70 bits per heavy atom. The molecule has 5 rings (SSSR count). The second kappa shape index (κ2) is 6.37. The van der Waals surface area contributed by atoms with Crippen LogP contribution >= 0.6 is 0 Å². The standard InChI is InChI=1S/C25H38O2/c1-16-4-5-17(15-27-16)21-8-9-22-20-7-6-18-14-19(26)10-12-24(18,2)23(20)11-13-25(21,22)3/h4-5,17-23,26H,1,6-15H2,2-3H3/t17?,18-,19+,20?,21-,22-,23?,24+,25-/m1/s1. The van der Waals surface area contributed by atoms with E-state index in [1.54, 1.807) is 0 Å². The van der Waals surface area contributed by atoms with E-state index in [-0.39, 0.29) is 6.10 Å². The van der Waals surface area contributed by atoms with Gasteiger partial charge < -0.3 is 9.84 Å². The van der Waals surface area contributed by atoms with Crippen LogP contribution in [0.5, 0.6) is 0 Å². The van der Waals surface area contributed by atoms with Gasteiger partial charge in [0.1, 0.15) is 5.76 Å². The molecular weight excluding hydrogens is 332 g/mol. The first-order valence-electron chi connectivity index (χ1n) is 11.6. The molecule has 0 bridgehead atoms. The number of allylic oxidation sites excluding steroid dienone is 1. The lowest BCUT2D eigenvalue weighted by Crippen LogP contribution is -2.54. The van der Waals surface area contributed by atoms with Crippen molar-refractivity contribution in [3.05, 3.63) is 24.5 Å². The molecule has 5 aliphatic rings. The Kier molecular flexibility index (Phi) is 4.31. The summed E-state index contributed by atoms with van der Waals surface area (Å²) >= 11 is 0. The Morgan fingerprint density at radius 1 is 0.963 bits per heavy atom. The molecule has 0 spiro atoms. The molecular formula is C25H38O2. The lowest BCUT2D eigenvalue weighted by Gasteiger charge is -2.61. The van der Waals surface area contributed by atoms with E-state index in [1.807, 2.05) is 0 Å². The zero-order valence-corrected chi connectivity index (χ0v) is 17.3. The first-order chi connectivity index (χ1) is 12.9. The molecule has 4 fully saturated rings. The van der Waals surface area contributed by atoms with Gasteiger partial charge in [-0.25, -0.2) is 0 Å². The third-order valence-corrected chi connectivity index (χ3v) is 10.2. The Labute approximate surface area is 165 Å². The molecule has 150 valence electrons. The number of hydrogen-bond acceptors (Lipinski definition) is 2. The highest BCUT2D eigenvalue weighted by molar-refractivity contribution is 5.16. The van der Waals surface area contributed by atoms with Crippen molar-refractivity contribution < 1.29 is 9.84 Å². The Hall–Kier alpha value is -0.760. The molecule has 3 unspecified atom stereocenters. The Balaban J connectivity index is 1.39. The van der Waals surface area contributed by atoms with Gasteiger partial charge in [-0.3, -0.25) is 0 Å². The fourth-order valence-electron chi connectivity index (χ4n) is 8.77. The van der Waals surface area contributed by atoms with E-state index in [1.165, 1.54) is 44.9 Å². The highest BCUT2D eigenvalue weighted by atomic mass is 16.5. The molecule has 27 heavy (non-hydrogen) atoms. The summed E-state index contributed by atoms with van der Waals surface area (Å²) in [5.41, 5.74) is 0.989. The van der Waals surface area contributed by atoms with Crippen molar-refractivity contribution in [1.82, 2.24) is 0 Å². The van der Waals surface area contributed by atoms with Gasteiger partial charge in [0.2, 0.25) is 0 Å². The third-order valence-electron chi connectivity index (χ3n) is 10.2. The maximum Gasteiger partial charge on any atom is 0.111 e. The Morgan fingerprint density at radius 3 is 2.48 bits per heavy atom. The fraction of sp³-hybridized carbons (Fsp3) is 0.840. The number of ether oxygens (including phenoxy) is 1. The summed E-state index contributed by atoms with van der Waals surface area (Å²) in [6.07, 6.45) is 16.2. The van der Waals surface area contributed by atoms with Crippen molar-refractivity contribution >= 4 is 0 Å². The summed E-state index contributed by atoms with van der Waals surface area (Å²) in [4.78, 5) is 0. The summed E-state index contributed by atoms with van der Waals surface area (Å²) in [5, 5.41) is 10.2. The summed E-state index contributed by atoms with van der Waals surface area (Å²) < 4.78 is 5.83. The number of rotatable bonds is 1. The quantitative estimate of drug-likeness (QED) is 0.639. The van der Waals surface area contributed by atoms with Crippen LogP contribution < -0.4 is 0 Å². The minimum absolute atomic E-state index is 0.0304. The Bertz CT molecular complexity index is 638. The SMILES string of the molecule is C=C1C=CC([C@H]2CC[C@@H]3C4CC[C@@H]5C[C@@H](O)CC[C@]5(C)C4CC[C@]23C)CO1. The molecule has 0 saturated heterocycles. The molecule has 0 aromatic heterocycles. The van der Waals surface area contributed by atoms with Crippen LogP contribution in [0.3, 0.4) is 0 Å². The third kappa shape index (κ3) is 2.69. The second-order valence-electron chi connectivity index (χ2n) is 11.1. The molecule has 0 amide bonds. The second-order valence-corrected chi connectivity index (χ2v) is 11.1. The molecule has 0 radical (unpaired) electrons. The molecule has 1 N–H and O–H groups in total. The van der Waals surface area contributed by atoms with Crippen LogP contribution in [0.4, 0.5) is 0 Å². The number of fused-ring (bicyclic) bond motifs is 5. The number of hydrogen-bond donors (Lipinski definition) is 1. The van der Waals surface area contributed by atoms with Crippen LogP contribution in [0.1, 0.15) is 71.6 Å². The number of aliphatic hydroxyl groups is 1. The van der Waals surface area contributed by atoms with Gasteiger partial charge in [-0.1, -0.05) is 26.5 Å². The highest BCUT2D eigenvalue weighted by Crippen LogP contribution is 2.68. The van der Waals surface area contributed by atoms with Crippen LogP contribution in [0.25, 0.3) is 0 Å². The van der Waals surface area contributed by atoms with Gasteiger partial charge >= 0.3 is 0 Å². The minimum atomic E-state index is -0.0304. The van der Waals surface area contributed by atoms with E-state index in [9.17, 15) is 5.11 Å². The average molecular weight is 371 g/mol. The predicted molar refractivity (Wildman–Crippen MR) is 109 cm³/mol. The van der Waals surface area contributed by atoms with Crippen LogP contribution in [0.2, 0.25) is 0 Å². The fourth-order valence-corrected chi connectivity index (χ4v) is 8.77. The van der Waals surface area contributed by atoms with E-state index in [2.05, 4.69) is 32.6 Å². The van der Waals surface area contributed by atoms with Gasteiger partial charge in [-0.05, 0) is 104 Å². The van der Waals surface area contributed by atoms with Crippen LogP contribution in [-0.2, 0) is 4.74 Å². The predicted octanol–water partition coefficient (Wildman–Crippen LogP) is 5.72. The minimum Gasteiger partial charge on any atom is -0.494 e. The smallest absolute Gasteiger partial charge is 0.111 e. The van der Waals surface area contributed by atoms with E-state index >= 15 is 0 Å². The molecule has 1 heterocycles. The molecule has 2 heteroatoms. The zero-order chi connectivity index (χ0) is 18.8. The van der Waals surface area contributed by atoms with Crippen LogP contribution in [-0.4, -0.2) is 17.8 Å². The maximum atomic E-state index is 10.2. The van der Waals surface area contributed by atoms with E-state index in [0.717, 1.165) is 54.8 Å². The highest BCUT2D eigenvalue weighted by Gasteiger charge is 2.60. The van der Waals surface area contributed by atoms with Crippen molar-refractivity contribution in [2.75, 3.05) is 6.61 Å². The normalized spacial score (nSPS) is 54.6. The molecule has 0 aromatic carbocycles. The lowest BCUT2D eigenvalue weighted by atomic mass is 9.44. The number of aliphatic hydroxyl groups excluding tert-OH is 1.